The molecule has 2 aromatic carbocycles. The van der Waals surface area contributed by atoms with Gasteiger partial charge in [0.1, 0.15) is 6.04 Å². The number of aromatic nitrogens is 2. The van der Waals surface area contributed by atoms with Crippen LogP contribution in [0.3, 0.4) is 0 Å². The van der Waals surface area contributed by atoms with E-state index in [0.717, 1.165) is 5.56 Å². The molecule has 158 valence electrons. The minimum Gasteiger partial charge on any atom is -0.493 e. The van der Waals surface area contributed by atoms with Gasteiger partial charge in [0.25, 0.3) is 0 Å². The van der Waals surface area contributed by atoms with E-state index in [1.54, 1.807) is 19.1 Å². The lowest BCUT2D eigenvalue weighted by Gasteiger charge is -2.12. The van der Waals surface area contributed by atoms with Gasteiger partial charge >= 0.3 is 0 Å². The Morgan fingerprint density at radius 2 is 1.73 bits per heavy atom. The fourth-order valence-corrected chi connectivity index (χ4v) is 3.02. The van der Waals surface area contributed by atoms with Gasteiger partial charge in [0.05, 0.1) is 21.3 Å². The summed E-state index contributed by atoms with van der Waals surface area (Å²) in [6, 6.07) is 12.9. The highest BCUT2D eigenvalue weighted by Crippen LogP contribution is 2.40. The molecule has 0 aliphatic heterocycles. The molecule has 1 N–H and O–H groups in total. The molecular formula is C22H25N3O5. The van der Waals surface area contributed by atoms with Gasteiger partial charge in [0.2, 0.25) is 23.4 Å². The molecule has 3 aromatic rings. The smallest absolute Gasteiger partial charge is 0.249 e. The second-order valence-electron chi connectivity index (χ2n) is 6.65. The fraction of sp³-hybridized carbons (Fsp3) is 0.318. The van der Waals surface area contributed by atoms with Crippen molar-refractivity contribution in [3.8, 4) is 28.6 Å². The standard InChI is InChI=1S/C22H25N3O5/c1-14(23-19(26)11-10-15-8-6-5-7-9-15)22-24-21(25-30-22)16-12-17(27-2)20(29-4)18(13-16)28-3/h5-9,12-14H,10-11H2,1-4H3,(H,23,26)/t14-/m1/s1. The first kappa shape index (κ1) is 21.2. The number of carbonyl (C=O) groups is 1. The van der Waals surface area contributed by atoms with Crippen molar-refractivity contribution >= 4 is 5.91 Å². The Balaban J connectivity index is 1.69. The Kier molecular flexibility index (Phi) is 6.90. The van der Waals surface area contributed by atoms with Crippen molar-refractivity contribution < 1.29 is 23.5 Å². The molecule has 1 amide bonds. The Bertz CT molecular complexity index is 962. The lowest BCUT2D eigenvalue weighted by molar-refractivity contribution is -0.121. The van der Waals surface area contributed by atoms with Crippen molar-refractivity contribution in [2.75, 3.05) is 21.3 Å². The average Bonchev–Trinajstić information content (AvgIpc) is 3.28. The first-order valence-corrected chi connectivity index (χ1v) is 9.53. The van der Waals surface area contributed by atoms with Gasteiger partial charge in [-0.1, -0.05) is 35.5 Å². The predicted octanol–water partition coefficient (Wildman–Crippen LogP) is 3.57. The van der Waals surface area contributed by atoms with Gasteiger partial charge in [-0.25, -0.2) is 0 Å². The molecule has 0 fully saturated rings. The molecule has 30 heavy (non-hydrogen) atoms. The summed E-state index contributed by atoms with van der Waals surface area (Å²) in [6.45, 7) is 1.80. The van der Waals surface area contributed by atoms with Crippen LogP contribution in [0.1, 0.15) is 30.8 Å². The van der Waals surface area contributed by atoms with Crippen molar-refractivity contribution in [2.45, 2.75) is 25.8 Å². The number of carbonyl (C=O) groups excluding carboxylic acids is 1. The zero-order valence-electron chi connectivity index (χ0n) is 17.5. The van der Waals surface area contributed by atoms with E-state index in [-0.39, 0.29) is 5.91 Å². The van der Waals surface area contributed by atoms with Crippen LogP contribution in [0.15, 0.2) is 47.0 Å². The van der Waals surface area contributed by atoms with Crippen LogP contribution in [0.5, 0.6) is 17.2 Å². The Labute approximate surface area is 175 Å². The first-order valence-electron chi connectivity index (χ1n) is 9.53. The molecule has 1 atom stereocenters. The van der Waals surface area contributed by atoms with E-state index in [1.807, 2.05) is 30.3 Å². The molecule has 0 aliphatic rings. The molecule has 0 saturated carbocycles. The molecule has 0 radical (unpaired) electrons. The topological polar surface area (TPSA) is 95.7 Å². The summed E-state index contributed by atoms with van der Waals surface area (Å²) in [5, 5.41) is 6.92. The Morgan fingerprint density at radius 3 is 2.33 bits per heavy atom. The van der Waals surface area contributed by atoms with Crippen LogP contribution in [-0.2, 0) is 11.2 Å². The third-order valence-corrected chi connectivity index (χ3v) is 4.60. The van der Waals surface area contributed by atoms with Gasteiger partial charge < -0.3 is 24.1 Å². The molecule has 0 saturated heterocycles. The maximum absolute atomic E-state index is 12.3. The molecular weight excluding hydrogens is 386 g/mol. The van der Waals surface area contributed by atoms with Crippen molar-refractivity contribution in [3.63, 3.8) is 0 Å². The maximum atomic E-state index is 12.3. The minimum absolute atomic E-state index is 0.0844. The molecule has 0 unspecified atom stereocenters. The monoisotopic (exact) mass is 411 g/mol. The van der Waals surface area contributed by atoms with E-state index in [2.05, 4.69) is 15.5 Å². The Hall–Kier alpha value is -3.55. The highest BCUT2D eigenvalue weighted by molar-refractivity contribution is 5.76. The number of hydrogen-bond donors (Lipinski definition) is 1. The van der Waals surface area contributed by atoms with E-state index in [1.165, 1.54) is 21.3 Å². The SMILES string of the molecule is COc1cc(-c2noc([C@@H](C)NC(=O)CCc3ccccc3)n2)cc(OC)c1OC. The van der Waals surface area contributed by atoms with Gasteiger partial charge in [-0.05, 0) is 31.0 Å². The number of nitrogens with zero attached hydrogens (tertiary/aromatic N) is 2. The second kappa shape index (κ2) is 9.78. The summed E-state index contributed by atoms with van der Waals surface area (Å²) < 4.78 is 21.4. The minimum atomic E-state index is -0.420. The number of ether oxygens (including phenoxy) is 3. The molecule has 1 heterocycles. The average molecular weight is 411 g/mol. The summed E-state index contributed by atoms with van der Waals surface area (Å²) >= 11 is 0. The molecule has 8 heteroatoms. The van der Waals surface area contributed by atoms with Crippen LogP contribution in [-0.4, -0.2) is 37.4 Å². The largest absolute Gasteiger partial charge is 0.493 e. The summed E-state index contributed by atoms with van der Waals surface area (Å²) in [5.74, 6) is 2.03. The van der Waals surface area contributed by atoms with E-state index in [9.17, 15) is 4.79 Å². The van der Waals surface area contributed by atoms with E-state index < -0.39 is 6.04 Å². The van der Waals surface area contributed by atoms with Crippen molar-refractivity contribution in [1.29, 1.82) is 0 Å². The van der Waals surface area contributed by atoms with Gasteiger partial charge in [-0.3, -0.25) is 4.79 Å². The third kappa shape index (κ3) is 4.89. The van der Waals surface area contributed by atoms with Gasteiger partial charge in [0, 0.05) is 12.0 Å². The number of methoxy groups -OCH3 is 3. The lowest BCUT2D eigenvalue weighted by atomic mass is 10.1. The van der Waals surface area contributed by atoms with Crippen molar-refractivity contribution in [3.05, 3.63) is 53.9 Å². The van der Waals surface area contributed by atoms with Crippen molar-refractivity contribution in [2.24, 2.45) is 0 Å². The Morgan fingerprint density at radius 1 is 1.07 bits per heavy atom. The van der Waals surface area contributed by atoms with Crippen LogP contribution < -0.4 is 19.5 Å². The number of aryl methyl sites for hydroxylation is 1. The van der Waals surface area contributed by atoms with E-state index in [4.69, 9.17) is 18.7 Å². The lowest BCUT2D eigenvalue weighted by Crippen LogP contribution is -2.27. The quantitative estimate of drug-likeness (QED) is 0.575. The number of benzene rings is 2. The molecule has 3 rings (SSSR count). The fourth-order valence-electron chi connectivity index (χ4n) is 3.02. The van der Waals surface area contributed by atoms with Gasteiger partial charge in [-0.2, -0.15) is 4.98 Å². The zero-order valence-corrected chi connectivity index (χ0v) is 17.5. The molecule has 8 nitrogen and oxygen atoms in total. The van der Waals surface area contributed by atoms with Crippen LogP contribution in [0.2, 0.25) is 0 Å². The summed E-state index contributed by atoms with van der Waals surface area (Å²) in [5.41, 5.74) is 1.75. The van der Waals surface area contributed by atoms with Gasteiger partial charge in [-0.15, -0.1) is 0 Å². The molecule has 0 spiro atoms. The normalized spacial score (nSPS) is 11.6. The summed E-state index contributed by atoms with van der Waals surface area (Å²) in [7, 11) is 4.61. The van der Waals surface area contributed by atoms with Crippen LogP contribution in [0, 0.1) is 0 Å². The van der Waals surface area contributed by atoms with Crippen LogP contribution in [0.25, 0.3) is 11.4 Å². The molecule has 0 bridgehead atoms. The zero-order chi connectivity index (χ0) is 21.5. The number of hydrogen-bond acceptors (Lipinski definition) is 7. The third-order valence-electron chi connectivity index (χ3n) is 4.60. The number of amides is 1. The summed E-state index contributed by atoms with van der Waals surface area (Å²) in [6.07, 6.45) is 1.04. The van der Waals surface area contributed by atoms with E-state index >= 15 is 0 Å². The molecule has 0 aliphatic carbocycles. The number of nitrogens with one attached hydrogen (secondary N) is 1. The molecule has 1 aromatic heterocycles. The number of rotatable bonds is 9. The van der Waals surface area contributed by atoms with E-state index in [0.29, 0.717) is 47.4 Å². The van der Waals surface area contributed by atoms with Gasteiger partial charge in [0.15, 0.2) is 11.5 Å². The second-order valence-corrected chi connectivity index (χ2v) is 6.65. The summed E-state index contributed by atoms with van der Waals surface area (Å²) in [4.78, 5) is 16.7. The van der Waals surface area contributed by atoms with Crippen LogP contribution >= 0.6 is 0 Å². The van der Waals surface area contributed by atoms with Crippen LogP contribution in [0.4, 0.5) is 0 Å². The maximum Gasteiger partial charge on any atom is 0.249 e. The predicted molar refractivity (Wildman–Crippen MR) is 111 cm³/mol. The highest BCUT2D eigenvalue weighted by Gasteiger charge is 2.20. The highest BCUT2D eigenvalue weighted by atomic mass is 16.5. The first-order chi connectivity index (χ1) is 14.5. The van der Waals surface area contributed by atoms with Crippen molar-refractivity contribution in [1.82, 2.24) is 15.5 Å².